The molecule has 1 saturated heterocycles. The van der Waals surface area contributed by atoms with Crippen LogP contribution in [0.4, 0.5) is 5.69 Å². The topological polar surface area (TPSA) is 96.3 Å². The van der Waals surface area contributed by atoms with E-state index >= 15 is 0 Å². The Hall–Kier alpha value is -3.20. The Morgan fingerprint density at radius 2 is 1.94 bits per heavy atom. The molecule has 0 amide bonds. The fraction of sp³-hybridized carbons (Fsp3) is 0.500. The molecule has 2 aromatic rings. The van der Waals surface area contributed by atoms with E-state index in [2.05, 4.69) is 54.3 Å². The van der Waals surface area contributed by atoms with E-state index in [1.165, 1.54) is 0 Å². The van der Waals surface area contributed by atoms with Crippen LogP contribution in [-0.4, -0.2) is 68.1 Å². The normalized spacial score (nSPS) is 22.2. The van der Waals surface area contributed by atoms with Gasteiger partial charge in [0, 0.05) is 50.3 Å². The lowest BCUT2D eigenvalue weighted by Gasteiger charge is -2.31. The van der Waals surface area contributed by atoms with Gasteiger partial charge in [0.25, 0.3) is 0 Å². The molecule has 2 heterocycles. The van der Waals surface area contributed by atoms with Gasteiger partial charge in [-0.1, -0.05) is 0 Å². The Bertz CT molecular complexity index is 1010. The molecule has 2 fully saturated rings. The zero-order valence-electron chi connectivity index (χ0n) is 19.5. The standard InChI is InChI=1S/C24H33N7O2/c1-4-22(30-24(25-2)26-3)29-17-5-7-19(8-6-17)33-21-16-18(31-11-13-32-14-12-31)15-20-23(21)28-10-9-27-20/h4,9-10,15-17,19,29H,2,5-8,11-14H2,1,3H3,(H,26,30)/b22-4-/t17-,19+. The molecule has 0 radical (unpaired) electrons. The van der Waals surface area contributed by atoms with Crippen molar-refractivity contribution < 1.29 is 9.47 Å². The summed E-state index contributed by atoms with van der Waals surface area (Å²) in [7, 11) is 1.78. The minimum Gasteiger partial charge on any atom is -0.488 e. The second-order valence-electron chi connectivity index (χ2n) is 8.22. The van der Waals surface area contributed by atoms with Crippen LogP contribution in [0, 0.1) is 0 Å². The largest absolute Gasteiger partial charge is 0.488 e. The van der Waals surface area contributed by atoms with Crippen LogP contribution in [0.2, 0.25) is 0 Å². The van der Waals surface area contributed by atoms with Gasteiger partial charge in [0.1, 0.15) is 17.1 Å². The van der Waals surface area contributed by atoms with E-state index in [1.54, 1.807) is 19.4 Å². The number of fused-ring (bicyclic) bond motifs is 1. The van der Waals surface area contributed by atoms with Gasteiger partial charge in [0.2, 0.25) is 5.96 Å². The van der Waals surface area contributed by atoms with Gasteiger partial charge >= 0.3 is 0 Å². The van der Waals surface area contributed by atoms with E-state index in [0.717, 1.165) is 80.3 Å². The summed E-state index contributed by atoms with van der Waals surface area (Å²) >= 11 is 0. The smallest absolute Gasteiger partial charge is 0.223 e. The highest BCUT2D eigenvalue weighted by atomic mass is 16.5. The van der Waals surface area contributed by atoms with Crippen LogP contribution in [-0.2, 0) is 4.74 Å². The first kappa shape index (κ1) is 23.0. The summed E-state index contributed by atoms with van der Waals surface area (Å²) in [5.41, 5.74) is 2.79. The Labute approximate surface area is 195 Å². The average molecular weight is 452 g/mol. The number of ether oxygens (including phenoxy) is 2. The summed E-state index contributed by atoms with van der Waals surface area (Å²) in [6.07, 6.45) is 9.47. The lowest BCUT2D eigenvalue weighted by atomic mass is 9.93. The maximum Gasteiger partial charge on any atom is 0.223 e. The van der Waals surface area contributed by atoms with Gasteiger partial charge in [-0.05, 0) is 51.5 Å². The van der Waals surface area contributed by atoms with E-state index in [0.29, 0.717) is 12.0 Å². The monoisotopic (exact) mass is 451 g/mol. The van der Waals surface area contributed by atoms with Crippen LogP contribution < -0.4 is 20.3 Å². The summed E-state index contributed by atoms with van der Waals surface area (Å²) in [6, 6.07) is 4.55. The van der Waals surface area contributed by atoms with E-state index in [1.807, 2.05) is 13.0 Å². The highest BCUT2D eigenvalue weighted by Gasteiger charge is 2.24. The number of aliphatic imine (C=N–C) groups is 2. The third-order valence-corrected chi connectivity index (χ3v) is 6.09. The molecule has 1 aliphatic carbocycles. The molecule has 4 rings (SSSR count). The number of hydrogen-bond donors (Lipinski definition) is 2. The molecular formula is C24H33N7O2. The van der Waals surface area contributed by atoms with Gasteiger partial charge in [-0.3, -0.25) is 4.98 Å². The Morgan fingerprint density at radius 1 is 1.18 bits per heavy atom. The molecule has 0 bridgehead atoms. The molecule has 1 aromatic heterocycles. The van der Waals surface area contributed by atoms with Crippen molar-refractivity contribution in [1.29, 1.82) is 0 Å². The third kappa shape index (κ3) is 5.78. The summed E-state index contributed by atoms with van der Waals surface area (Å²) in [5, 5.41) is 6.45. The Kier molecular flexibility index (Phi) is 7.72. The fourth-order valence-electron chi connectivity index (χ4n) is 4.30. The molecule has 0 unspecified atom stereocenters. The van der Waals surface area contributed by atoms with Gasteiger partial charge in [0.05, 0.1) is 24.8 Å². The number of benzene rings is 1. The molecule has 2 aliphatic rings. The quantitative estimate of drug-likeness (QED) is 0.515. The SMILES string of the molecule is C=N/C(=N\C(=C/C)N[C@H]1CC[C@@H](Oc2cc(N3CCOCC3)cc3nccnc23)CC1)NC. The van der Waals surface area contributed by atoms with Crippen molar-refractivity contribution in [3.05, 3.63) is 36.4 Å². The Morgan fingerprint density at radius 3 is 2.64 bits per heavy atom. The van der Waals surface area contributed by atoms with Crippen molar-refractivity contribution in [2.75, 3.05) is 38.3 Å². The van der Waals surface area contributed by atoms with Crippen LogP contribution in [0.1, 0.15) is 32.6 Å². The van der Waals surface area contributed by atoms with Crippen molar-refractivity contribution in [2.24, 2.45) is 9.98 Å². The molecule has 9 heteroatoms. The highest BCUT2D eigenvalue weighted by Crippen LogP contribution is 2.33. The van der Waals surface area contributed by atoms with Crippen LogP contribution in [0.15, 0.2) is 46.4 Å². The molecule has 0 spiro atoms. The molecule has 0 atom stereocenters. The van der Waals surface area contributed by atoms with E-state index < -0.39 is 0 Å². The van der Waals surface area contributed by atoms with Crippen molar-refractivity contribution in [3.8, 4) is 5.75 Å². The number of anilines is 1. The summed E-state index contributed by atoms with van der Waals surface area (Å²) in [6.45, 7) is 8.72. The van der Waals surface area contributed by atoms with E-state index in [-0.39, 0.29) is 6.10 Å². The Balaban J connectivity index is 1.42. The highest BCUT2D eigenvalue weighted by molar-refractivity contribution is 5.85. The number of aromatic nitrogens is 2. The molecule has 9 nitrogen and oxygen atoms in total. The zero-order chi connectivity index (χ0) is 23.0. The predicted octanol–water partition coefficient (Wildman–Crippen LogP) is 2.88. The van der Waals surface area contributed by atoms with Gasteiger partial charge < -0.3 is 25.0 Å². The molecular weight excluding hydrogens is 418 g/mol. The van der Waals surface area contributed by atoms with Gasteiger partial charge in [-0.25, -0.2) is 9.98 Å². The molecule has 1 saturated carbocycles. The number of nitrogens with zero attached hydrogens (tertiary/aromatic N) is 5. The minimum absolute atomic E-state index is 0.147. The maximum atomic E-state index is 6.52. The van der Waals surface area contributed by atoms with E-state index in [4.69, 9.17) is 9.47 Å². The lowest BCUT2D eigenvalue weighted by Crippen LogP contribution is -2.36. The van der Waals surface area contributed by atoms with Crippen molar-refractivity contribution in [3.63, 3.8) is 0 Å². The first-order chi connectivity index (χ1) is 16.2. The second-order valence-corrected chi connectivity index (χ2v) is 8.22. The molecule has 2 N–H and O–H groups in total. The number of hydrogen-bond acceptors (Lipinski definition) is 7. The number of rotatable bonds is 6. The first-order valence-corrected chi connectivity index (χ1v) is 11.6. The number of nitrogens with one attached hydrogen (secondary N) is 2. The summed E-state index contributed by atoms with van der Waals surface area (Å²) in [4.78, 5) is 19.8. The second kappa shape index (κ2) is 11.1. The number of allylic oxidation sites excluding steroid dienone is 1. The first-order valence-electron chi connectivity index (χ1n) is 11.6. The molecule has 1 aliphatic heterocycles. The van der Waals surface area contributed by atoms with Crippen LogP contribution in [0.5, 0.6) is 5.75 Å². The summed E-state index contributed by atoms with van der Waals surface area (Å²) < 4.78 is 12.0. The molecule has 1 aromatic carbocycles. The number of morpholine rings is 1. The van der Waals surface area contributed by atoms with E-state index in [9.17, 15) is 0 Å². The molecule has 176 valence electrons. The van der Waals surface area contributed by atoms with Gasteiger partial charge in [0.15, 0.2) is 0 Å². The minimum atomic E-state index is 0.147. The van der Waals surface area contributed by atoms with Crippen molar-refractivity contribution >= 4 is 29.4 Å². The van der Waals surface area contributed by atoms with Crippen LogP contribution in [0.3, 0.4) is 0 Å². The van der Waals surface area contributed by atoms with Crippen molar-refractivity contribution in [2.45, 2.75) is 44.8 Å². The maximum absolute atomic E-state index is 6.52. The zero-order valence-corrected chi connectivity index (χ0v) is 19.5. The lowest BCUT2D eigenvalue weighted by molar-refractivity contribution is 0.122. The fourth-order valence-corrected chi connectivity index (χ4v) is 4.30. The van der Waals surface area contributed by atoms with Crippen LogP contribution in [0.25, 0.3) is 11.0 Å². The van der Waals surface area contributed by atoms with Gasteiger partial charge in [-0.15, -0.1) is 0 Å². The van der Waals surface area contributed by atoms with Crippen molar-refractivity contribution in [1.82, 2.24) is 20.6 Å². The summed E-state index contributed by atoms with van der Waals surface area (Å²) in [5.74, 6) is 2.12. The number of guanidine groups is 1. The average Bonchev–Trinajstić information content (AvgIpc) is 2.88. The third-order valence-electron chi connectivity index (χ3n) is 6.09. The predicted molar refractivity (Wildman–Crippen MR) is 132 cm³/mol. The van der Waals surface area contributed by atoms with Gasteiger partial charge in [-0.2, -0.15) is 4.99 Å². The van der Waals surface area contributed by atoms with Crippen LogP contribution >= 0.6 is 0 Å². The molecule has 33 heavy (non-hydrogen) atoms.